The fourth-order valence-electron chi connectivity index (χ4n) is 1.66. The number of aromatic nitrogens is 3. The van der Waals surface area contributed by atoms with Crippen LogP contribution >= 0.6 is 0 Å². The van der Waals surface area contributed by atoms with Crippen LogP contribution in [0.3, 0.4) is 0 Å². The van der Waals surface area contributed by atoms with Gasteiger partial charge in [-0.05, 0) is 19.1 Å². The number of aromatic carboxylic acids is 1. The quantitative estimate of drug-likeness (QED) is 0.782. The van der Waals surface area contributed by atoms with Crippen molar-refractivity contribution in [1.82, 2.24) is 20.1 Å². The third-order valence-corrected chi connectivity index (χ3v) is 3.02. The summed E-state index contributed by atoms with van der Waals surface area (Å²) in [5.41, 5.74) is 2.24. The van der Waals surface area contributed by atoms with Gasteiger partial charge in [-0.3, -0.25) is 4.68 Å². The highest BCUT2D eigenvalue weighted by Gasteiger charge is 2.08. The smallest absolute Gasteiger partial charge is 0.354 e. The minimum atomic E-state index is -1.11. The predicted molar refractivity (Wildman–Crippen MR) is 75.0 cm³/mol. The van der Waals surface area contributed by atoms with E-state index in [2.05, 4.69) is 20.7 Å². The molecule has 0 unspecified atom stereocenters. The molecule has 3 N–H and O–H groups in total. The number of anilines is 1. The van der Waals surface area contributed by atoms with Crippen molar-refractivity contribution in [1.29, 1.82) is 0 Å². The van der Waals surface area contributed by atoms with Crippen LogP contribution in [0.1, 0.15) is 21.7 Å². The van der Waals surface area contributed by atoms with E-state index in [4.69, 9.17) is 5.11 Å². The average Bonchev–Trinajstić information content (AvgIpc) is 2.77. The van der Waals surface area contributed by atoms with E-state index in [1.165, 1.54) is 18.3 Å². The zero-order valence-electron chi connectivity index (χ0n) is 11.6. The van der Waals surface area contributed by atoms with Crippen molar-refractivity contribution in [3.8, 4) is 0 Å². The van der Waals surface area contributed by atoms with Crippen LogP contribution in [0.4, 0.5) is 10.5 Å². The van der Waals surface area contributed by atoms with Gasteiger partial charge in [0.2, 0.25) is 0 Å². The highest BCUT2D eigenvalue weighted by Crippen LogP contribution is 2.07. The number of nitrogens with one attached hydrogen (secondary N) is 2. The second-order valence-corrected chi connectivity index (χ2v) is 4.42. The second kappa shape index (κ2) is 6.04. The van der Waals surface area contributed by atoms with Gasteiger partial charge in [-0.2, -0.15) is 5.10 Å². The van der Waals surface area contributed by atoms with Crippen molar-refractivity contribution in [2.75, 3.05) is 5.32 Å². The van der Waals surface area contributed by atoms with Crippen LogP contribution in [0.5, 0.6) is 0 Å². The van der Waals surface area contributed by atoms with Crippen LogP contribution in [0, 0.1) is 6.92 Å². The summed E-state index contributed by atoms with van der Waals surface area (Å²) in [7, 11) is 1.83. The third-order valence-electron chi connectivity index (χ3n) is 3.02. The maximum Gasteiger partial charge on any atom is 0.354 e. The Hall–Kier alpha value is -2.90. The second-order valence-electron chi connectivity index (χ2n) is 4.42. The molecular weight excluding hydrogens is 274 g/mol. The molecule has 0 aliphatic rings. The van der Waals surface area contributed by atoms with E-state index in [0.29, 0.717) is 12.2 Å². The van der Waals surface area contributed by atoms with Gasteiger partial charge in [-0.25, -0.2) is 14.6 Å². The molecule has 2 amide bonds. The molecule has 0 bridgehead atoms. The van der Waals surface area contributed by atoms with Gasteiger partial charge in [-0.1, -0.05) is 0 Å². The van der Waals surface area contributed by atoms with E-state index in [1.54, 1.807) is 10.9 Å². The highest BCUT2D eigenvalue weighted by atomic mass is 16.4. The highest BCUT2D eigenvalue weighted by molar-refractivity contribution is 5.90. The fourth-order valence-corrected chi connectivity index (χ4v) is 1.66. The lowest BCUT2D eigenvalue weighted by molar-refractivity contribution is 0.0690. The van der Waals surface area contributed by atoms with Crippen molar-refractivity contribution in [3.05, 3.63) is 41.5 Å². The van der Waals surface area contributed by atoms with E-state index in [-0.39, 0.29) is 5.69 Å². The topological polar surface area (TPSA) is 109 Å². The number of urea groups is 1. The Balaban J connectivity index is 1.89. The number of pyridine rings is 1. The Kier molecular flexibility index (Phi) is 4.17. The number of carbonyl (C=O) groups excluding carboxylic acids is 1. The molecule has 21 heavy (non-hydrogen) atoms. The Labute approximate surface area is 120 Å². The number of hydrogen-bond donors (Lipinski definition) is 3. The third kappa shape index (κ3) is 3.56. The number of carbonyl (C=O) groups is 2. The summed E-state index contributed by atoms with van der Waals surface area (Å²) in [6.07, 6.45) is 2.98. The zero-order chi connectivity index (χ0) is 15.4. The van der Waals surface area contributed by atoms with Crippen LogP contribution in [0.15, 0.2) is 24.5 Å². The maximum atomic E-state index is 11.7. The summed E-state index contributed by atoms with van der Waals surface area (Å²) in [6.45, 7) is 2.27. The summed E-state index contributed by atoms with van der Waals surface area (Å²) in [4.78, 5) is 26.1. The summed E-state index contributed by atoms with van der Waals surface area (Å²) >= 11 is 0. The lowest BCUT2D eigenvalue weighted by Crippen LogP contribution is -2.28. The molecule has 2 rings (SSSR count). The van der Waals surface area contributed by atoms with Crippen molar-refractivity contribution >= 4 is 17.7 Å². The van der Waals surface area contributed by atoms with Crippen LogP contribution < -0.4 is 10.6 Å². The Bertz CT molecular complexity index is 663. The number of hydrogen-bond acceptors (Lipinski definition) is 4. The molecule has 8 heteroatoms. The van der Waals surface area contributed by atoms with Crippen molar-refractivity contribution in [2.24, 2.45) is 7.05 Å². The Morgan fingerprint density at radius 3 is 2.62 bits per heavy atom. The zero-order valence-corrected chi connectivity index (χ0v) is 11.6. The molecule has 8 nitrogen and oxygen atoms in total. The molecule has 0 radical (unpaired) electrons. The molecule has 110 valence electrons. The van der Waals surface area contributed by atoms with Crippen molar-refractivity contribution in [2.45, 2.75) is 13.5 Å². The van der Waals surface area contributed by atoms with Crippen LogP contribution in [0.25, 0.3) is 0 Å². The molecule has 0 fully saturated rings. The summed E-state index contributed by atoms with van der Waals surface area (Å²) in [6, 6.07) is 2.40. The minimum absolute atomic E-state index is 0.0769. The first kappa shape index (κ1) is 14.5. The van der Waals surface area contributed by atoms with Gasteiger partial charge in [0.15, 0.2) is 0 Å². The molecule has 0 spiro atoms. The average molecular weight is 289 g/mol. The van der Waals surface area contributed by atoms with Gasteiger partial charge in [0.25, 0.3) is 0 Å². The molecule has 0 aromatic carbocycles. The number of amides is 2. The monoisotopic (exact) mass is 289 g/mol. The minimum Gasteiger partial charge on any atom is -0.477 e. The number of aryl methyl sites for hydroxylation is 1. The molecule has 0 saturated carbocycles. The molecule has 0 aliphatic carbocycles. The lowest BCUT2D eigenvalue weighted by Gasteiger charge is -2.07. The number of nitrogens with zero attached hydrogens (tertiary/aromatic N) is 3. The number of carboxylic acid groups (broad SMARTS) is 1. The first-order valence-electron chi connectivity index (χ1n) is 6.19. The van der Waals surface area contributed by atoms with E-state index < -0.39 is 12.0 Å². The van der Waals surface area contributed by atoms with Gasteiger partial charge in [0.1, 0.15) is 5.69 Å². The summed E-state index contributed by atoms with van der Waals surface area (Å²) in [5.74, 6) is -1.11. The number of rotatable bonds is 4. The van der Waals surface area contributed by atoms with E-state index >= 15 is 0 Å². The number of carboxylic acids is 1. The maximum absolute atomic E-state index is 11.7. The molecule has 2 aromatic rings. The van der Waals surface area contributed by atoms with E-state index in [0.717, 1.165) is 11.3 Å². The summed E-state index contributed by atoms with van der Waals surface area (Å²) in [5, 5.41) is 18.1. The van der Waals surface area contributed by atoms with Gasteiger partial charge in [0.05, 0.1) is 18.1 Å². The van der Waals surface area contributed by atoms with Crippen LogP contribution in [-0.2, 0) is 13.6 Å². The molecule has 0 atom stereocenters. The van der Waals surface area contributed by atoms with E-state index in [1.807, 2.05) is 14.0 Å². The molecule has 2 heterocycles. The van der Waals surface area contributed by atoms with Crippen molar-refractivity contribution in [3.63, 3.8) is 0 Å². The first-order chi connectivity index (χ1) is 9.97. The molecular formula is C13H15N5O3. The SMILES string of the molecule is Cc1c(CNC(=O)Nc2ccc(C(=O)O)nc2)cnn1C. The standard InChI is InChI=1S/C13H15N5O3/c1-8-9(6-16-18(8)2)5-15-13(21)17-10-3-4-11(12(19)20)14-7-10/h3-4,6-7H,5H2,1-2H3,(H,19,20)(H2,15,17,21). The normalized spacial score (nSPS) is 10.2. The first-order valence-corrected chi connectivity index (χ1v) is 6.19. The van der Waals surface area contributed by atoms with Crippen LogP contribution in [-0.4, -0.2) is 31.9 Å². The molecule has 0 aliphatic heterocycles. The van der Waals surface area contributed by atoms with Gasteiger partial charge >= 0.3 is 12.0 Å². The van der Waals surface area contributed by atoms with Gasteiger partial charge < -0.3 is 15.7 Å². The largest absolute Gasteiger partial charge is 0.477 e. The van der Waals surface area contributed by atoms with E-state index in [9.17, 15) is 9.59 Å². The predicted octanol–water partition coefficient (Wildman–Crippen LogP) is 1.14. The lowest BCUT2D eigenvalue weighted by atomic mass is 10.2. The molecule has 0 saturated heterocycles. The fraction of sp³-hybridized carbons (Fsp3) is 0.231. The van der Waals surface area contributed by atoms with Crippen LogP contribution in [0.2, 0.25) is 0 Å². The summed E-state index contributed by atoms with van der Waals surface area (Å²) < 4.78 is 1.73. The van der Waals surface area contributed by atoms with Gasteiger partial charge in [-0.15, -0.1) is 0 Å². The Morgan fingerprint density at radius 2 is 2.10 bits per heavy atom. The molecule has 2 aromatic heterocycles. The van der Waals surface area contributed by atoms with Crippen molar-refractivity contribution < 1.29 is 14.7 Å². The van der Waals surface area contributed by atoms with Gasteiger partial charge in [0, 0.05) is 24.8 Å². The Morgan fingerprint density at radius 1 is 1.33 bits per heavy atom.